The van der Waals surface area contributed by atoms with Gasteiger partial charge in [-0.25, -0.2) is 8.42 Å². The van der Waals surface area contributed by atoms with Gasteiger partial charge < -0.3 is 10.5 Å². The molecule has 7 heteroatoms. The Hall–Kier alpha value is -0.660. The Balaban J connectivity index is 4.05. The molecule has 0 bridgehead atoms. The van der Waals surface area contributed by atoms with Crippen LogP contribution in [0.25, 0.3) is 0 Å². The van der Waals surface area contributed by atoms with Gasteiger partial charge in [0.15, 0.2) is 0 Å². The smallest absolute Gasteiger partial charge is 0.250 e. The molecule has 0 aliphatic rings. The molecule has 0 saturated heterocycles. The number of carbonyl (C=O) groups excluding carboxylic acids is 1. The Labute approximate surface area is 96.6 Å². The van der Waals surface area contributed by atoms with Gasteiger partial charge >= 0.3 is 0 Å². The van der Waals surface area contributed by atoms with Crippen LogP contribution in [0, 0.1) is 0 Å². The molecule has 1 atom stereocenters. The molecular formula is C9H20N2O4S. The van der Waals surface area contributed by atoms with E-state index in [2.05, 4.69) is 0 Å². The molecular weight excluding hydrogens is 232 g/mol. The minimum Gasteiger partial charge on any atom is -0.385 e. The second-order valence-corrected chi connectivity index (χ2v) is 5.37. The number of rotatable bonds is 8. The van der Waals surface area contributed by atoms with Crippen LogP contribution in [0.3, 0.4) is 0 Å². The number of nitrogens with one attached hydrogen (secondary N) is 1. The minimum atomic E-state index is -3.52. The van der Waals surface area contributed by atoms with Gasteiger partial charge in [-0.2, -0.15) is 0 Å². The van der Waals surface area contributed by atoms with Gasteiger partial charge in [-0.1, -0.05) is 6.92 Å². The summed E-state index contributed by atoms with van der Waals surface area (Å²) < 4.78 is 29.3. The van der Waals surface area contributed by atoms with Gasteiger partial charge in [0, 0.05) is 13.7 Å². The van der Waals surface area contributed by atoms with Gasteiger partial charge in [0.2, 0.25) is 15.9 Å². The molecule has 0 aliphatic heterocycles. The molecule has 1 unspecified atom stereocenters. The van der Waals surface area contributed by atoms with Crippen molar-refractivity contribution in [3.05, 3.63) is 0 Å². The van der Waals surface area contributed by atoms with E-state index in [1.54, 1.807) is 14.0 Å². The van der Waals surface area contributed by atoms with Crippen molar-refractivity contribution >= 4 is 15.9 Å². The predicted molar refractivity (Wildman–Crippen MR) is 61.3 cm³/mol. The van der Waals surface area contributed by atoms with E-state index in [0.717, 1.165) is 0 Å². The van der Waals surface area contributed by atoms with Crippen LogP contribution in [0.5, 0.6) is 0 Å². The van der Waals surface area contributed by atoms with Crippen LogP contribution in [0.2, 0.25) is 0 Å². The Bertz CT molecular complexity index is 303. The standard InChI is InChI=1S/C9H20N2O4S/c1-3-7-16(13,14)11-9(12)8(10)5-4-6-15-2/h8H,3-7,10H2,1-2H3,(H,11,12). The van der Waals surface area contributed by atoms with Gasteiger partial charge in [0.05, 0.1) is 11.8 Å². The van der Waals surface area contributed by atoms with E-state index < -0.39 is 22.0 Å². The number of sulfonamides is 1. The molecule has 3 N–H and O–H groups in total. The first kappa shape index (κ1) is 15.3. The van der Waals surface area contributed by atoms with Crippen LogP contribution in [-0.4, -0.2) is 39.8 Å². The van der Waals surface area contributed by atoms with E-state index in [0.29, 0.717) is 25.9 Å². The molecule has 0 radical (unpaired) electrons. The van der Waals surface area contributed by atoms with Gasteiger partial charge in [0.1, 0.15) is 0 Å². The van der Waals surface area contributed by atoms with E-state index in [1.165, 1.54) is 0 Å². The summed E-state index contributed by atoms with van der Waals surface area (Å²) in [7, 11) is -1.96. The first-order valence-electron chi connectivity index (χ1n) is 5.21. The molecule has 0 aromatic rings. The third-order valence-corrected chi connectivity index (χ3v) is 3.39. The lowest BCUT2D eigenvalue weighted by molar-refractivity contribution is -0.120. The minimum absolute atomic E-state index is 0.0659. The molecule has 0 rings (SSSR count). The fourth-order valence-electron chi connectivity index (χ4n) is 1.13. The van der Waals surface area contributed by atoms with Crippen molar-refractivity contribution in [2.45, 2.75) is 32.2 Å². The lowest BCUT2D eigenvalue weighted by Gasteiger charge is -2.11. The highest BCUT2D eigenvalue weighted by Crippen LogP contribution is 1.97. The summed E-state index contributed by atoms with van der Waals surface area (Å²) in [5.74, 6) is -0.715. The first-order valence-corrected chi connectivity index (χ1v) is 6.87. The van der Waals surface area contributed by atoms with E-state index >= 15 is 0 Å². The molecule has 96 valence electrons. The van der Waals surface area contributed by atoms with Crippen LogP contribution in [0.4, 0.5) is 0 Å². The van der Waals surface area contributed by atoms with E-state index in [-0.39, 0.29) is 5.75 Å². The molecule has 0 spiro atoms. The quantitative estimate of drug-likeness (QED) is 0.572. The van der Waals surface area contributed by atoms with Gasteiger partial charge in [-0.05, 0) is 19.3 Å². The lowest BCUT2D eigenvalue weighted by Crippen LogP contribution is -2.44. The monoisotopic (exact) mass is 252 g/mol. The van der Waals surface area contributed by atoms with Crippen molar-refractivity contribution in [3.8, 4) is 0 Å². The Morgan fingerprint density at radius 2 is 2.12 bits per heavy atom. The number of ether oxygens (including phenoxy) is 1. The average Bonchev–Trinajstić information content (AvgIpc) is 2.16. The van der Waals surface area contributed by atoms with Crippen molar-refractivity contribution in [2.75, 3.05) is 19.5 Å². The number of carbonyl (C=O) groups is 1. The van der Waals surface area contributed by atoms with Crippen molar-refractivity contribution in [2.24, 2.45) is 5.73 Å². The maximum absolute atomic E-state index is 11.4. The zero-order valence-corrected chi connectivity index (χ0v) is 10.5. The van der Waals surface area contributed by atoms with E-state index in [1.807, 2.05) is 4.72 Å². The Morgan fingerprint density at radius 3 is 2.62 bits per heavy atom. The molecule has 1 amide bonds. The fraction of sp³-hybridized carbons (Fsp3) is 0.889. The maximum atomic E-state index is 11.4. The van der Waals surface area contributed by atoms with Gasteiger partial charge in [-0.3, -0.25) is 9.52 Å². The number of hydrogen-bond acceptors (Lipinski definition) is 5. The van der Waals surface area contributed by atoms with Gasteiger partial charge in [-0.15, -0.1) is 0 Å². The number of methoxy groups -OCH3 is 1. The highest BCUT2D eigenvalue weighted by atomic mass is 32.2. The largest absolute Gasteiger partial charge is 0.385 e. The van der Waals surface area contributed by atoms with Crippen molar-refractivity contribution in [3.63, 3.8) is 0 Å². The molecule has 0 aliphatic carbocycles. The summed E-state index contributed by atoms with van der Waals surface area (Å²) in [6.07, 6.45) is 1.49. The topological polar surface area (TPSA) is 98.5 Å². The number of nitrogens with two attached hydrogens (primary N) is 1. The summed E-state index contributed by atoms with van der Waals surface area (Å²) in [6, 6.07) is -0.804. The molecule has 0 fully saturated rings. The zero-order valence-electron chi connectivity index (χ0n) is 9.73. The summed E-state index contributed by atoms with van der Waals surface area (Å²) in [4.78, 5) is 11.4. The van der Waals surface area contributed by atoms with E-state index in [4.69, 9.17) is 10.5 Å². The molecule has 0 heterocycles. The van der Waals surface area contributed by atoms with Crippen LogP contribution >= 0.6 is 0 Å². The van der Waals surface area contributed by atoms with E-state index in [9.17, 15) is 13.2 Å². The second kappa shape index (κ2) is 7.59. The number of amides is 1. The van der Waals surface area contributed by atoms with Gasteiger partial charge in [0.25, 0.3) is 0 Å². The van der Waals surface area contributed by atoms with Crippen molar-refractivity contribution in [1.82, 2.24) is 4.72 Å². The van der Waals surface area contributed by atoms with Crippen LogP contribution in [0.15, 0.2) is 0 Å². The Kier molecular flexibility index (Phi) is 7.27. The predicted octanol–water partition coefficient (Wildman–Crippen LogP) is -0.404. The lowest BCUT2D eigenvalue weighted by atomic mass is 10.2. The SMILES string of the molecule is CCCS(=O)(=O)NC(=O)C(N)CCCOC. The third kappa shape index (κ3) is 6.76. The number of hydrogen-bond donors (Lipinski definition) is 2. The summed E-state index contributed by atoms with van der Waals surface area (Å²) >= 11 is 0. The second-order valence-electron chi connectivity index (χ2n) is 3.53. The zero-order chi connectivity index (χ0) is 12.6. The summed E-state index contributed by atoms with van der Waals surface area (Å²) in [6.45, 7) is 2.23. The van der Waals surface area contributed by atoms with Crippen LogP contribution in [0.1, 0.15) is 26.2 Å². The Morgan fingerprint density at radius 1 is 1.50 bits per heavy atom. The highest BCUT2D eigenvalue weighted by Gasteiger charge is 2.18. The molecule has 6 nitrogen and oxygen atoms in total. The highest BCUT2D eigenvalue weighted by molar-refractivity contribution is 7.90. The molecule has 16 heavy (non-hydrogen) atoms. The molecule has 0 aromatic heterocycles. The first-order chi connectivity index (χ1) is 7.43. The van der Waals surface area contributed by atoms with Crippen LogP contribution in [-0.2, 0) is 19.6 Å². The maximum Gasteiger partial charge on any atom is 0.250 e. The molecule has 0 aromatic carbocycles. The fourth-order valence-corrected chi connectivity index (χ4v) is 2.22. The summed E-state index contributed by atoms with van der Waals surface area (Å²) in [5.41, 5.74) is 5.53. The summed E-state index contributed by atoms with van der Waals surface area (Å²) in [5, 5.41) is 0. The van der Waals surface area contributed by atoms with Crippen molar-refractivity contribution < 1.29 is 17.9 Å². The van der Waals surface area contributed by atoms with Crippen molar-refractivity contribution in [1.29, 1.82) is 0 Å². The van der Waals surface area contributed by atoms with Crippen LogP contribution < -0.4 is 10.5 Å². The average molecular weight is 252 g/mol. The normalized spacial score (nSPS) is 13.4. The third-order valence-electron chi connectivity index (χ3n) is 1.93. The molecule has 0 saturated carbocycles.